The van der Waals surface area contributed by atoms with E-state index in [4.69, 9.17) is 0 Å². The molecule has 5 nitrogen and oxygen atoms in total. The van der Waals surface area contributed by atoms with Crippen molar-refractivity contribution in [2.75, 3.05) is 19.6 Å². The molecule has 3 atom stereocenters. The van der Waals surface area contributed by atoms with Gasteiger partial charge in [0.2, 0.25) is 5.91 Å². The Labute approximate surface area is 144 Å². The Balaban J connectivity index is 0.00000156. The lowest BCUT2D eigenvalue weighted by atomic mass is 9.78. The molecule has 1 aliphatic carbocycles. The number of hydrogen-bond donors (Lipinski definition) is 1. The Hall–Kier alpha value is -1.07. The standard InChI is InChI=1S/C17H26N4O.ClH/c1-20-11-13(8-19-20)14-9-18-10-15(14)17(22)21-7-3-6-16(21)12-4-2-5-12;/h8,11-12,14-16,18H,2-7,9-10H2,1H3;1H/t14-,15+,16?;/m1./s1. The predicted molar refractivity (Wildman–Crippen MR) is 91.6 cm³/mol. The SMILES string of the molecule is Cl.Cn1cc([C@H]2CNC[C@@H]2C(=O)N2CCCC2C2CCC2)cn1. The van der Waals surface area contributed by atoms with Gasteiger partial charge in [-0.25, -0.2) is 0 Å². The number of likely N-dealkylation sites (tertiary alicyclic amines) is 1. The molecule has 4 rings (SSSR count). The molecule has 1 aromatic heterocycles. The molecule has 0 aromatic carbocycles. The molecule has 0 spiro atoms. The Bertz CT molecular complexity index is 557. The van der Waals surface area contributed by atoms with Crippen LogP contribution in [0.5, 0.6) is 0 Å². The Morgan fingerprint density at radius 1 is 1.26 bits per heavy atom. The van der Waals surface area contributed by atoms with Crippen LogP contribution in [0.25, 0.3) is 0 Å². The zero-order valence-corrected chi connectivity index (χ0v) is 14.6. The molecule has 0 bridgehead atoms. The maximum Gasteiger partial charge on any atom is 0.227 e. The Morgan fingerprint density at radius 2 is 2.09 bits per heavy atom. The second-order valence-corrected chi connectivity index (χ2v) is 7.25. The van der Waals surface area contributed by atoms with Crippen LogP contribution in [0.1, 0.15) is 43.6 Å². The number of aryl methyl sites for hydroxylation is 1. The van der Waals surface area contributed by atoms with Gasteiger partial charge >= 0.3 is 0 Å². The molecule has 2 saturated heterocycles. The van der Waals surface area contributed by atoms with Gasteiger partial charge < -0.3 is 10.2 Å². The number of halogens is 1. The summed E-state index contributed by atoms with van der Waals surface area (Å²) in [5.74, 6) is 1.53. The highest BCUT2D eigenvalue weighted by Crippen LogP contribution is 2.39. The summed E-state index contributed by atoms with van der Waals surface area (Å²) in [6.45, 7) is 2.67. The van der Waals surface area contributed by atoms with Gasteiger partial charge in [-0.2, -0.15) is 5.10 Å². The average Bonchev–Trinajstić information content (AvgIpc) is 3.14. The van der Waals surface area contributed by atoms with Crippen molar-refractivity contribution in [2.45, 2.75) is 44.1 Å². The van der Waals surface area contributed by atoms with Crippen LogP contribution in [-0.4, -0.2) is 46.3 Å². The maximum absolute atomic E-state index is 13.2. The number of carbonyl (C=O) groups is 1. The molecule has 23 heavy (non-hydrogen) atoms. The lowest BCUT2D eigenvalue weighted by Gasteiger charge is -2.38. The van der Waals surface area contributed by atoms with Gasteiger partial charge in [-0.3, -0.25) is 9.48 Å². The molecule has 3 aliphatic rings. The second-order valence-electron chi connectivity index (χ2n) is 7.25. The number of nitrogens with one attached hydrogen (secondary N) is 1. The average molecular weight is 339 g/mol. The van der Waals surface area contributed by atoms with E-state index in [1.165, 1.54) is 37.7 Å². The summed E-state index contributed by atoms with van der Waals surface area (Å²) in [5.41, 5.74) is 1.20. The first-order valence-electron chi connectivity index (χ1n) is 8.74. The first kappa shape index (κ1) is 16.8. The molecular weight excluding hydrogens is 312 g/mol. The number of carbonyl (C=O) groups excluding carboxylic acids is 1. The molecule has 128 valence electrons. The van der Waals surface area contributed by atoms with Gasteiger partial charge in [0.25, 0.3) is 0 Å². The highest BCUT2D eigenvalue weighted by atomic mass is 35.5. The lowest BCUT2D eigenvalue weighted by Crippen LogP contribution is -2.46. The van der Waals surface area contributed by atoms with Gasteiger partial charge in [0.05, 0.1) is 12.1 Å². The van der Waals surface area contributed by atoms with Gasteiger partial charge in [0, 0.05) is 44.8 Å². The van der Waals surface area contributed by atoms with Crippen LogP contribution >= 0.6 is 12.4 Å². The summed E-state index contributed by atoms with van der Waals surface area (Å²) in [4.78, 5) is 15.4. The van der Waals surface area contributed by atoms with Crippen LogP contribution < -0.4 is 5.32 Å². The van der Waals surface area contributed by atoms with E-state index in [1.54, 1.807) is 0 Å². The minimum absolute atomic E-state index is 0. The van der Waals surface area contributed by atoms with Gasteiger partial charge in [-0.05, 0) is 37.2 Å². The minimum Gasteiger partial charge on any atom is -0.339 e. The van der Waals surface area contributed by atoms with Crippen molar-refractivity contribution < 1.29 is 4.79 Å². The summed E-state index contributed by atoms with van der Waals surface area (Å²) in [5, 5.41) is 7.70. The molecule has 2 aliphatic heterocycles. The zero-order valence-electron chi connectivity index (χ0n) is 13.8. The van der Waals surface area contributed by atoms with Crippen molar-refractivity contribution in [3.8, 4) is 0 Å². The molecule has 1 saturated carbocycles. The topological polar surface area (TPSA) is 50.2 Å². The zero-order chi connectivity index (χ0) is 15.1. The highest BCUT2D eigenvalue weighted by molar-refractivity contribution is 5.85. The first-order valence-corrected chi connectivity index (χ1v) is 8.74. The number of aromatic nitrogens is 2. The molecular formula is C17H27ClN4O. The third-order valence-corrected chi connectivity index (χ3v) is 5.96. The van der Waals surface area contributed by atoms with Gasteiger partial charge in [-0.15, -0.1) is 12.4 Å². The van der Waals surface area contributed by atoms with Gasteiger partial charge in [-0.1, -0.05) is 6.42 Å². The van der Waals surface area contributed by atoms with Crippen LogP contribution in [0.4, 0.5) is 0 Å². The van der Waals surface area contributed by atoms with Crippen molar-refractivity contribution >= 4 is 18.3 Å². The largest absolute Gasteiger partial charge is 0.339 e. The number of hydrogen-bond acceptors (Lipinski definition) is 3. The minimum atomic E-state index is 0. The summed E-state index contributed by atoms with van der Waals surface area (Å²) >= 11 is 0. The van der Waals surface area contributed by atoms with E-state index in [0.29, 0.717) is 11.9 Å². The van der Waals surface area contributed by atoms with E-state index in [0.717, 1.165) is 25.6 Å². The van der Waals surface area contributed by atoms with Crippen LogP contribution in [0.2, 0.25) is 0 Å². The predicted octanol–water partition coefficient (Wildman–Crippen LogP) is 1.94. The molecule has 1 amide bonds. The van der Waals surface area contributed by atoms with Crippen LogP contribution in [0, 0.1) is 11.8 Å². The number of amides is 1. The molecule has 1 aromatic rings. The van der Waals surface area contributed by atoms with Crippen LogP contribution in [0.3, 0.4) is 0 Å². The smallest absolute Gasteiger partial charge is 0.227 e. The molecule has 1 unspecified atom stereocenters. The Kier molecular flexibility index (Phi) is 4.97. The van der Waals surface area contributed by atoms with Crippen molar-refractivity contribution in [3.63, 3.8) is 0 Å². The fourth-order valence-electron chi connectivity index (χ4n) is 4.51. The third kappa shape index (κ3) is 3.01. The van der Waals surface area contributed by atoms with E-state index in [9.17, 15) is 4.79 Å². The molecule has 3 fully saturated rings. The summed E-state index contributed by atoms with van der Waals surface area (Å²) in [6, 6.07) is 0.524. The summed E-state index contributed by atoms with van der Waals surface area (Å²) in [7, 11) is 1.94. The normalized spacial score (nSPS) is 31.0. The van der Waals surface area contributed by atoms with Crippen molar-refractivity contribution in [1.82, 2.24) is 20.0 Å². The first-order chi connectivity index (χ1) is 10.7. The second kappa shape index (κ2) is 6.81. The fourth-order valence-corrected chi connectivity index (χ4v) is 4.51. The van der Waals surface area contributed by atoms with E-state index < -0.39 is 0 Å². The Morgan fingerprint density at radius 3 is 2.74 bits per heavy atom. The van der Waals surface area contributed by atoms with E-state index in [-0.39, 0.29) is 24.2 Å². The van der Waals surface area contributed by atoms with Gasteiger partial charge in [0.1, 0.15) is 0 Å². The monoisotopic (exact) mass is 338 g/mol. The van der Waals surface area contributed by atoms with E-state index in [1.807, 2.05) is 17.9 Å². The lowest BCUT2D eigenvalue weighted by molar-refractivity contribution is -0.137. The molecule has 6 heteroatoms. The van der Waals surface area contributed by atoms with E-state index in [2.05, 4.69) is 21.5 Å². The number of rotatable bonds is 3. The van der Waals surface area contributed by atoms with Gasteiger partial charge in [0.15, 0.2) is 0 Å². The summed E-state index contributed by atoms with van der Waals surface area (Å²) < 4.78 is 1.84. The van der Waals surface area contributed by atoms with E-state index >= 15 is 0 Å². The third-order valence-electron chi connectivity index (χ3n) is 5.96. The van der Waals surface area contributed by atoms with Crippen molar-refractivity contribution in [2.24, 2.45) is 18.9 Å². The molecule has 3 heterocycles. The summed E-state index contributed by atoms with van der Waals surface area (Å²) in [6.07, 6.45) is 10.4. The highest BCUT2D eigenvalue weighted by Gasteiger charge is 2.43. The fraction of sp³-hybridized carbons (Fsp3) is 0.765. The quantitative estimate of drug-likeness (QED) is 0.916. The van der Waals surface area contributed by atoms with Crippen molar-refractivity contribution in [3.05, 3.63) is 18.0 Å². The molecule has 0 radical (unpaired) electrons. The van der Waals surface area contributed by atoms with Crippen molar-refractivity contribution in [1.29, 1.82) is 0 Å². The number of nitrogens with zero attached hydrogens (tertiary/aromatic N) is 3. The van der Waals surface area contributed by atoms with Crippen LogP contribution in [-0.2, 0) is 11.8 Å². The van der Waals surface area contributed by atoms with Crippen LogP contribution in [0.15, 0.2) is 12.4 Å². The molecule has 1 N–H and O–H groups in total. The maximum atomic E-state index is 13.2.